The molecule has 0 saturated carbocycles. The van der Waals surface area contributed by atoms with Crippen molar-refractivity contribution in [2.24, 2.45) is 0 Å². The van der Waals surface area contributed by atoms with E-state index in [1.165, 1.54) is 0 Å². The van der Waals surface area contributed by atoms with Crippen molar-refractivity contribution in [1.82, 2.24) is 4.57 Å². The molecule has 2 aromatic rings. The predicted octanol–water partition coefficient (Wildman–Crippen LogP) is 2.23. The van der Waals surface area contributed by atoms with Gasteiger partial charge in [0.2, 0.25) is 0 Å². The lowest BCUT2D eigenvalue weighted by Crippen LogP contribution is -2.16. The Morgan fingerprint density at radius 1 is 1.31 bits per heavy atom. The molecule has 0 saturated heterocycles. The molecule has 1 heterocycles. The maximum atomic E-state index is 11.6. The van der Waals surface area contributed by atoms with E-state index in [0.29, 0.717) is 5.58 Å². The van der Waals surface area contributed by atoms with Crippen molar-refractivity contribution in [2.45, 2.75) is 32.9 Å². The molecular weight excluding hydrogens is 206 g/mol. The maximum Gasteiger partial charge on any atom is 0.420 e. The fourth-order valence-electron chi connectivity index (χ4n) is 1.80. The quantitative estimate of drug-likeness (QED) is 0.846. The van der Waals surface area contributed by atoms with Gasteiger partial charge in [-0.25, -0.2) is 4.79 Å². The average molecular weight is 221 g/mol. The van der Waals surface area contributed by atoms with E-state index in [0.717, 1.165) is 11.1 Å². The summed E-state index contributed by atoms with van der Waals surface area (Å²) in [6.45, 7) is 5.54. The van der Waals surface area contributed by atoms with Gasteiger partial charge in [0, 0.05) is 6.04 Å². The van der Waals surface area contributed by atoms with Gasteiger partial charge in [-0.05, 0) is 38.5 Å². The summed E-state index contributed by atoms with van der Waals surface area (Å²) in [7, 11) is 0. The zero-order valence-corrected chi connectivity index (χ0v) is 9.60. The second kappa shape index (κ2) is 3.79. The largest absolute Gasteiger partial charge is 0.420 e. The number of benzene rings is 1. The number of fused-ring (bicyclic) bond motifs is 1. The van der Waals surface area contributed by atoms with E-state index in [9.17, 15) is 9.90 Å². The minimum atomic E-state index is -0.546. The first kappa shape index (κ1) is 11.0. The smallest absolute Gasteiger partial charge is 0.408 e. The number of nitrogens with zero attached hydrogens (tertiary/aromatic N) is 1. The number of rotatable bonds is 2. The number of hydrogen-bond acceptors (Lipinski definition) is 3. The predicted molar refractivity (Wildman–Crippen MR) is 61.5 cm³/mol. The van der Waals surface area contributed by atoms with Crippen LogP contribution in [0.5, 0.6) is 0 Å². The molecule has 1 atom stereocenters. The zero-order valence-electron chi connectivity index (χ0n) is 9.60. The summed E-state index contributed by atoms with van der Waals surface area (Å²) in [4.78, 5) is 11.6. The molecule has 0 aliphatic heterocycles. The molecule has 4 nitrogen and oxygen atoms in total. The third-order valence-electron chi connectivity index (χ3n) is 2.64. The van der Waals surface area contributed by atoms with Gasteiger partial charge >= 0.3 is 5.76 Å². The first-order valence-electron chi connectivity index (χ1n) is 5.33. The number of aliphatic hydroxyl groups is 1. The Morgan fingerprint density at radius 2 is 2.00 bits per heavy atom. The Morgan fingerprint density at radius 3 is 2.56 bits per heavy atom. The fourth-order valence-corrected chi connectivity index (χ4v) is 1.80. The minimum absolute atomic E-state index is 0.0398. The van der Waals surface area contributed by atoms with Crippen molar-refractivity contribution in [3.8, 4) is 0 Å². The topological polar surface area (TPSA) is 55.4 Å². The van der Waals surface area contributed by atoms with Crippen molar-refractivity contribution in [3.05, 3.63) is 34.3 Å². The third-order valence-corrected chi connectivity index (χ3v) is 2.64. The van der Waals surface area contributed by atoms with Crippen LogP contribution in [0.1, 0.15) is 38.5 Å². The normalized spacial score (nSPS) is 13.6. The molecule has 1 unspecified atom stereocenters. The molecule has 86 valence electrons. The van der Waals surface area contributed by atoms with E-state index in [1.807, 2.05) is 13.8 Å². The van der Waals surface area contributed by atoms with Crippen LogP contribution in [0.4, 0.5) is 0 Å². The van der Waals surface area contributed by atoms with Gasteiger partial charge in [0.25, 0.3) is 0 Å². The van der Waals surface area contributed by atoms with E-state index in [2.05, 4.69) is 0 Å². The van der Waals surface area contributed by atoms with Gasteiger partial charge in [-0.15, -0.1) is 0 Å². The zero-order chi connectivity index (χ0) is 11.9. The second-order valence-corrected chi connectivity index (χ2v) is 4.23. The molecular formula is C12H15NO3. The first-order valence-corrected chi connectivity index (χ1v) is 5.33. The van der Waals surface area contributed by atoms with Crippen LogP contribution in [0.2, 0.25) is 0 Å². The fraction of sp³-hybridized carbons (Fsp3) is 0.417. The van der Waals surface area contributed by atoms with Crippen LogP contribution in [0, 0.1) is 0 Å². The van der Waals surface area contributed by atoms with Crippen molar-refractivity contribution in [1.29, 1.82) is 0 Å². The SMILES string of the molecule is CC(O)c1ccc2oc(=O)n(C(C)C)c2c1. The number of oxazole rings is 1. The molecule has 0 amide bonds. The molecule has 1 aromatic heterocycles. The van der Waals surface area contributed by atoms with Crippen LogP contribution >= 0.6 is 0 Å². The summed E-state index contributed by atoms with van der Waals surface area (Å²) in [5.41, 5.74) is 2.07. The Balaban J connectivity index is 2.75. The molecule has 4 heteroatoms. The number of hydrogen-bond donors (Lipinski definition) is 1. The van der Waals surface area contributed by atoms with Gasteiger partial charge in [0.1, 0.15) is 0 Å². The monoisotopic (exact) mass is 221 g/mol. The van der Waals surface area contributed by atoms with Crippen molar-refractivity contribution in [2.75, 3.05) is 0 Å². The van der Waals surface area contributed by atoms with E-state index in [4.69, 9.17) is 4.42 Å². The van der Waals surface area contributed by atoms with Crippen LogP contribution in [-0.4, -0.2) is 9.67 Å². The van der Waals surface area contributed by atoms with Gasteiger partial charge in [-0.3, -0.25) is 4.57 Å². The molecule has 0 fully saturated rings. The molecule has 0 aliphatic carbocycles. The summed E-state index contributed by atoms with van der Waals surface area (Å²) >= 11 is 0. The summed E-state index contributed by atoms with van der Waals surface area (Å²) in [5, 5.41) is 9.50. The summed E-state index contributed by atoms with van der Waals surface area (Å²) < 4.78 is 6.71. The lowest BCUT2D eigenvalue weighted by atomic mass is 10.1. The Kier molecular flexibility index (Phi) is 2.59. The van der Waals surface area contributed by atoms with E-state index < -0.39 is 6.10 Å². The molecule has 0 spiro atoms. The van der Waals surface area contributed by atoms with Crippen LogP contribution in [0.15, 0.2) is 27.4 Å². The van der Waals surface area contributed by atoms with Crippen LogP contribution < -0.4 is 5.76 Å². The van der Waals surface area contributed by atoms with Crippen molar-refractivity contribution < 1.29 is 9.52 Å². The Labute approximate surface area is 93.1 Å². The highest BCUT2D eigenvalue weighted by Crippen LogP contribution is 2.21. The molecule has 0 aliphatic rings. The highest BCUT2D eigenvalue weighted by molar-refractivity contribution is 5.74. The lowest BCUT2D eigenvalue weighted by molar-refractivity contribution is 0.199. The standard InChI is InChI=1S/C12H15NO3/c1-7(2)13-10-6-9(8(3)14)4-5-11(10)16-12(13)15/h4-8,14H,1-3H3. The lowest BCUT2D eigenvalue weighted by Gasteiger charge is -2.07. The molecule has 1 N–H and O–H groups in total. The average Bonchev–Trinajstić information content (AvgIpc) is 2.51. The van der Waals surface area contributed by atoms with E-state index >= 15 is 0 Å². The maximum absolute atomic E-state index is 11.6. The minimum Gasteiger partial charge on any atom is -0.408 e. The van der Waals surface area contributed by atoms with Gasteiger partial charge in [0.15, 0.2) is 5.58 Å². The number of aliphatic hydroxyl groups excluding tert-OH is 1. The van der Waals surface area contributed by atoms with Crippen molar-refractivity contribution in [3.63, 3.8) is 0 Å². The van der Waals surface area contributed by atoms with Gasteiger partial charge in [-0.2, -0.15) is 0 Å². The van der Waals surface area contributed by atoms with E-state index in [1.54, 1.807) is 29.7 Å². The Bertz CT molecular complexity index is 563. The highest BCUT2D eigenvalue weighted by atomic mass is 16.4. The molecule has 0 bridgehead atoms. The summed E-state index contributed by atoms with van der Waals surface area (Å²) in [6.07, 6.45) is -0.546. The van der Waals surface area contributed by atoms with Crippen LogP contribution in [-0.2, 0) is 0 Å². The first-order chi connectivity index (χ1) is 7.50. The summed E-state index contributed by atoms with van der Waals surface area (Å²) in [5.74, 6) is -0.354. The van der Waals surface area contributed by atoms with Gasteiger partial charge in [0.05, 0.1) is 11.6 Å². The van der Waals surface area contributed by atoms with Crippen molar-refractivity contribution >= 4 is 11.1 Å². The van der Waals surface area contributed by atoms with E-state index in [-0.39, 0.29) is 11.8 Å². The number of aromatic nitrogens is 1. The van der Waals surface area contributed by atoms with Gasteiger partial charge < -0.3 is 9.52 Å². The van der Waals surface area contributed by atoms with Crippen LogP contribution in [0.3, 0.4) is 0 Å². The highest BCUT2D eigenvalue weighted by Gasteiger charge is 2.13. The second-order valence-electron chi connectivity index (χ2n) is 4.23. The third kappa shape index (κ3) is 1.65. The molecule has 2 rings (SSSR count). The molecule has 16 heavy (non-hydrogen) atoms. The van der Waals surface area contributed by atoms with Crippen LogP contribution in [0.25, 0.3) is 11.1 Å². The molecule has 1 aromatic carbocycles. The Hall–Kier alpha value is -1.55. The van der Waals surface area contributed by atoms with Gasteiger partial charge in [-0.1, -0.05) is 6.07 Å². The molecule has 0 radical (unpaired) electrons. The summed E-state index contributed by atoms with van der Waals surface area (Å²) in [6, 6.07) is 5.32.